The Bertz CT molecular complexity index is 1490. The lowest BCUT2D eigenvalue weighted by Gasteiger charge is -2.28. The van der Waals surface area contributed by atoms with Crippen LogP contribution in [-0.4, -0.2) is 41.2 Å². The van der Waals surface area contributed by atoms with E-state index in [1.54, 1.807) is 23.4 Å². The Labute approximate surface area is 213 Å². The second-order valence-corrected chi connectivity index (χ2v) is 11.6. The number of benzene rings is 2. The lowest BCUT2D eigenvalue weighted by molar-refractivity contribution is -0.121. The molecule has 186 valence electrons. The minimum atomic E-state index is -3.98. The molecule has 1 aliphatic heterocycles. The van der Waals surface area contributed by atoms with Crippen molar-refractivity contribution in [1.82, 2.24) is 14.3 Å². The summed E-state index contributed by atoms with van der Waals surface area (Å²) in [6.45, 7) is 2.52. The lowest BCUT2D eigenvalue weighted by Crippen LogP contribution is -2.47. The largest absolute Gasteiger partial charge is 0.282 e. The Kier molecular flexibility index (Phi) is 6.83. The summed E-state index contributed by atoms with van der Waals surface area (Å²) in [5.74, 6) is -0.857. The van der Waals surface area contributed by atoms with Crippen LogP contribution in [0.5, 0.6) is 0 Å². The van der Waals surface area contributed by atoms with E-state index < -0.39 is 21.9 Å². The van der Waals surface area contributed by atoms with Gasteiger partial charge in [0.05, 0.1) is 21.7 Å². The Balaban J connectivity index is 1.52. The predicted octanol–water partition coefficient (Wildman–Crippen LogP) is 4.78. The zero-order valence-corrected chi connectivity index (χ0v) is 21.3. The van der Waals surface area contributed by atoms with Crippen molar-refractivity contribution < 1.29 is 17.6 Å². The maximum absolute atomic E-state index is 14.0. The predicted molar refractivity (Wildman–Crippen MR) is 138 cm³/mol. The van der Waals surface area contributed by atoms with Crippen LogP contribution in [0, 0.1) is 5.82 Å². The maximum Gasteiger partial charge on any atom is 0.247 e. The molecule has 7 nitrogen and oxygen atoms in total. The normalized spacial score (nSPS) is 16.4. The van der Waals surface area contributed by atoms with Crippen molar-refractivity contribution in [2.75, 3.05) is 11.4 Å². The molecule has 36 heavy (non-hydrogen) atoms. The van der Waals surface area contributed by atoms with Crippen LogP contribution in [0.15, 0.2) is 71.9 Å². The number of amides is 1. The number of carbonyl (C=O) groups excluding carboxylic acids is 1. The second kappa shape index (κ2) is 10.0. The van der Waals surface area contributed by atoms with Crippen molar-refractivity contribution in [3.8, 4) is 0 Å². The summed E-state index contributed by atoms with van der Waals surface area (Å²) >= 11 is 1.41. The molecule has 0 aliphatic carbocycles. The maximum atomic E-state index is 14.0. The van der Waals surface area contributed by atoms with Gasteiger partial charge in [0.15, 0.2) is 5.13 Å². The summed E-state index contributed by atoms with van der Waals surface area (Å²) in [5, 5.41) is 0.512. The Morgan fingerprint density at radius 1 is 1.17 bits per heavy atom. The average Bonchev–Trinajstić information content (AvgIpc) is 3.55. The monoisotopic (exact) mass is 524 g/mol. The molecular weight excluding hydrogens is 499 g/mol. The summed E-state index contributed by atoms with van der Waals surface area (Å²) in [4.78, 5) is 24.4. The number of aryl methyl sites for hydroxylation is 1. The van der Waals surface area contributed by atoms with Gasteiger partial charge >= 0.3 is 0 Å². The van der Waals surface area contributed by atoms with Crippen LogP contribution in [0.25, 0.3) is 10.2 Å². The molecule has 4 aromatic rings. The van der Waals surface area contributed by atoms with Crippen LogP contribution in [0.1, 0.15) is 30.9 Å². The highest BCUT2D eigenvalue weighted by Crippen LogP contribution is 2.34. The fourth-order valence-electron chi connectivity index (χ4n) is 4.40. The number of carbonyl (C=O) groups is 1. The molecule has 1 atom stereocenters. The molecule has 1 aliphatic rings. The molecule has 2 aromatic heterocycles. The molecule has 0 bridgehead atoms. The van der Waals surface area contributed by atoms with Crippen molar-refractivity contribution >= 4 is 42.6 Å². The fraction of sp³-hybridized carbons (Fsp3) is 0.269. The Morgan fingerprint density at radius 3 is 2.69 bits per heavy atom. The van der Waals surface area contributed by atoms with Gasteiger partial charge in [-0.1, -0.05) is 30.4 Å². The van der Waals surface area contributed by atoms with E-state index in [-0.39, 0.29) is 23.9 Å². The Morgan fingerprint density at radius 2 is 1.97 bits per heavy atom. The van der Waals surface area contributed by atoms with Gasteiger partial charge in [-0.05, 0) is 72.9 Å². The van der Waals surface area contributed by atoms with Crippen molar-refractivity contribution in [3.05, 3.63) is 83.9 Å². The second-order valence-electron chi connectivity index (χ2n) is 8.67. The zero-order chi connectivity index (χ0) is 25.3. The molecule has 1 amide bonds. The van der Waals surface area contributed by atoms with Gasteiger partial charge in [-0.3, -0.25) is 14.7 Å². The van der Waals surface area contributed by atoms with Gasteiger partial charge in [0.2, 0.25) is 15.9 Å². The minimum absolute atomic E-state index is 0.0329. The highest BCUT2D eigenvalue weighted by Gasteiger charge is 2.42. The zero-order valence-electron chi connectivity index (χ0n) is 19.7. The number of sulfonamides is 1. The molecule has 5 rings (SSSR count). The van der Waals surface area contributed by atoms with Crippen LogP contribution in [-0.2, 0) is 27.8 Å². The molecule has 1 unspecified atom stereocenters. The van der Waals surface area contributed by atoms with Crippen molar-refractivity contribution in [2.45, 2.75) is 43.7 Å². The highest BCUT2D eigenvalue weighted by atomic mass is 32.2. The van der Waals surface area contributed by atoms with Crippen molar-refractivity contribution in [3.63, 3.8) is 0 Å². The van der Waals surface area contributed by atoms with Crippen molar-refractivity contribution in [2.24, 2.45) is 0 Å². The van der Waals surface area contributed by atoms with Gasteiger partial charge in [0.1, 0.15) is 11.9 Å². The topological polar surface area (TPSA) is 83.5 Å². The van der Waals surface area contributed by atoms with Gasteiger partial charge < -0.3 is 0 Å². The molecule has 1 saturated heterocycles. The Hall–Kier alpha value is -3.21. The SMILES string of the molecule is CCc1ccc2nc(N(Cc3cccnc3)C(=O)C3CCCN3S(=O)(=O)c3ccc(F)cc3)sc2c1. The number of thiazole rings is 1. The molecule has 0 spiro atoms. The molecule has 0 N–H and O–H groups in total. The summed E-state index contributed by atoms with van der Waals surface area (Å²) < 4.78 is 42.4. The number of hydrogen-bond acceptors (Lipinski definition) is 6. The summed E-state index contributed by atoms with van der Waals surface area (Å²) in [7, 11) is -3.98. The first-order chi connectivity index (χ1) is 17.4. The third kappa shape index (κ3) is 4.76. The fourth-order valence-corrected chi connectivity index (χ4v) is 7.09. The summed E-state index contributed by atoms with van der Waals surface area (Å²) in [5.41, 5.74) is 2.78. The number of halogens is 1. The molecule has 1 fully saturated rings. The number of hydrogen-bond donors (Lipinski definition) is 0. The van der Waals surface area contributed by atoms with E-state index in [0.29, 0.717) is 18.0 Å². The van der Waals surface area contributed by atoms with E-state index in [1.807, 2.05) is 18.2 Å². The average molecular weight is 525 g/mol. The smallest absolute Gasteiger partial charge is 0.247 e. The van der Waals surface area contributed by atoms with Crippen LogP contribution >= 0.6 is 11.3 Å². The molecule has 0 saturated carbocycles. The van der Waals surface area contributed by atoms with Gasteiger partial charge in [-0.2, -0.15) is 4.31 Å². The number of fused-ring (bicyclic) bond motifs is 1. The number of nitrogens with zero attached hydrogens (tertiary/aromatic N) is 4. The first-order valence-corrected chi connectivity index (χ1v) is 14.0. The van der Waals surface area contributed by atoms with Crippen LogP contribution in [0.2, 0.25) is 0 Å². The van der Waals surface area contributed by atoms with E-state index >= 15 is 0 Å². The molecule has 10 heteroatoms. The van der Waals surface area contributed by atoms with E-state index in [1.165, 1.54) is 33.3 Å². The number of rotatable bonds is 7. The number of anilines is 1. The molecular formula is C26H25FN4O3S2. The first kappa shape index (κ1) is 24.5. The molecule has 2 aromatic carbocycles. The third-order valence-corrected chi connectivity index (χ3v) is 9.28. The van der Waals surface area contributed by atoms with Gasteiger partial charge in [0, 0.05) is 18.9 Å². The number of pyridine rings is 1. The van der Waals surface area contributed by atoms with E-state index in [9.17, 15) is 17.6 Å². The summed E-state index contributed by atoms with van der Waals surface area (Å²) in [6, 6.07) is 13.5. The minimum Gasteiger partial charge on any atom is -0.282 e. The van der Waals surface area contributed by atoms with Gasteiger partial charge in [-0.25, -0.2) is 17.8 Å². The summed E-state index contributed by atoms with van der Waals surface area (Å²) in [6.07, 6.45) is 5.18. The number of aromatic nitrogens is 2. The molecule has 3 heterocycles. The third-order valence-electron chi connectivity index (χ3n) is 6.32. The van der Waals surface area contributed by atoms with Crippen LogP contribution < -0.4 is 4.90 Å². The quantitative estimate of drug-likeness (QED) is 0.348. The van der Waals surface area contributed by atoms with Gasteiger partial charge in [0.25, 0.3) is 0 Å². The van der Waals surface area contributed by atoms with Crippen LogP contribution in [0.3, 0.4) is 0 Å². The molecule has 0 radical (unpaired) electrons. The van der Waals surface area contributed by atoms with Crippen molar-refractivity contribution in [1.29, 1.82) is 0 Å². The van der Waals surface area contributed by atoms with E-state index in [2.05, 4.69) is 18.0 Å². The highest BCUT2D eigenvalue weighted by molar-refractivity contribution is 7.89. The van der Waals surface area contributed by atoms with Gasteiger partial charge in [-0.15, -0.1) is 0 Å². The standard InChI is InChI=1S/C26H25FN4O3S2/c1-2-18-7-12-22-24(15-18)35-26(29-22)30(17-19-5-3-13-28-16-19)25(32)23-6-4-14-31(23)36(33,34)21-10-8-20(27)9-11-21/h3,5,7-13,15-16,23H,2,4,6,14,17H2,1H3. The lowest BCUT2D eigenvalue weighted by atomic mass is 10.2. The first-order valence-electron chi connectivity index (χ1n) is 11.7. The van der Waals surface area contributed by atoms with Crippen LogP contribution in [0.4, 0.5) is 9.52 Å². The van der Waals surface area contributed by atoms with E-state index in [4.69, 9.17) is 4.98 Å². The van der Waals surface area contributed by atoms with E-state index in [0.717, 1.165) is 34.3 Å².